The maximum Gasteiger partial charge on any atom is 0.160 e. The molecule has 0 atom stereocenters. The van der Waals surface area contributed by atoms with Crippen molar-refractivity contribution in [3.8, 4) is 123 Å². The highest BCUT2D eigenvalue weighted by Gasteiger charge is 2.27. The fourth-order valence-corrected chi connectivity index (χ4v) is 18.2. The third-order valence-corrected chi connectivity index (χ3v) is 23.6. The molecular formula is C108H74N8. The lowest BCUT2D eigenvalue weighted by molar-refractivity contribution is 1.13. The van der Waals surface area contributed by atoms with E-state index in [1.165, 1.54) is 77.2 Å². The van der Waals surface area contributed by atoms with Gasteiger partial charge in [0, 0.05) is 95.7 Å². The van der Waals surface area contributed by atoms with Gasteiger partial charge in [0.25, 0.3) is 0 Å². The number of benzene rings is 15. The molecule has 22 aromatic rings. The summed E-state index contributed by atoms with van der Waals surface area (Å²) in [6, 6.07) is 129. The van der Waals surface area contributed by atoms with Crippen LogP contribution in [0.3, 0.4) is 0 Å². The molecule has 7 aromatic heterocycles. The van der Waals surface area contributed by atoms with Gasteiger partial charge < -0.3 is 18.3 Å². The number of para-hydroxylation sites is 4. The van der Waals surface area contributed by atoms with Gasteiger partial charge in [-0.05, 0) is 199 Å². The SMILES string of the molecule is Cc1cccc(-c2ccc3c(c2)c2ccccc2n3-c2ccncc2-c2ccc(-n3c4ccccc4c4cc(-c5cccc(C)c5)ccc43)c(-c3cc(-c4cc(-c5cnccc5-n5c6ccccc6c6cc(-c7cccc(C)c7)ccc65)ccc4-n4c5ccccc5c5cc(-c6cccc(C)c6)ccc54)nc(-c4ccccc4)n3)c2)c1. The Morgan fingerprint density at radius 3 is 0.793 bits per heavy atom. The molecule has 7 heterocycles. The van der Waals surface area contributed by atoms with Crippen LogP contribution in [0.15, 0.2) is 377 Å². The van der Waals surface area contributed by atoms with Crippen molar-refractivity contribution in [2.75, 3.05) is 0 Å². The molecular weight excluding hydrogens is 1410 g/mol. The van der Waals surface area contributed by atoms with Gasteiger partial charge >= 0.3 is 0 Å². The Kier molecular flexibility index (Phi) is 16.0. The summed E-state index contributed by atoms with van der Waals surface area (Å²) >= 11 is 0. The van der Waals surface area contributed by atoms with Crippen molar-refractivity contribution in [3.05, 3.63) is 399 Å². The maximum absolute atomic E-state index is 5.91. The van der Waals surface area contributed by atoms with Crippen LogP contribution in [0.1, 0.15) is 22.3 Å². The van der Waals surface area contributed by atoms with E-state index in [0.29, 0.717) is 5.82 Å². The number of fused-ring (bicyclic) bond motifs is 12. The van der Waals surface area contributed by atoms with Gasteiger partial charge in [-0.25, -0.2) is 9.97 Å². The fraction of sp³-hybridized carbons (Fsp3) is 0.0370. The molecule has 0 aliphatic carbocycles. The van der Waals surface area contributed by atoms with Crippen LogP contribution in [0.5, 0.6) is 0 Å². The Morgan fingerprint density at radius 2 is 0.466 bits per heavy atom. The molecule has 0 saturated heterocycles. The number of pyridine rings is 2. The highest BCUT2D eigenvalue weighted by atomic mass is 15.0. The first kappa shape index (κ1) is 67.7. The summed E-state index contributed by atoms with van der Waals surface area (Å²) in [5.74, 6) is 0.579. The van der Waals surface area contributed by atoms with E-state index in [4.69, 9.17) is 19.9 Å². The summed E-state index contributed by atoms with van der Waals surface area (Å²) in [7, 11) is 0. The van der Waals surface area contributed by atoms with E-state index in [1.54, 1.807) is 0 Å². The molecule has 546 valence electrons. The summed E-state index contributed by atoms with van der Waals surface area (Å²) in [6.45, 7) is 8.65. The Hall–Kier alpha value is -15.1. The summed E-state index contributed by atoms with van der Waals surface area (Å²) in [4.78, 5) is 21.8. The highest BCUT2D eigenvalue weighted by molar-refractivity contribution is 6.15. The van der Waals surface area contributed by atoms with Gasteiger partial charge in [0.15, 0.2) is 5.82 Å². The number of nitrogens with zero attached hydrogens (tertiary/aromatic N) is 8. The second-order valence-electron chi connectivity index (χ2n) is 30.9. The van der Waals surface area contributed by atoms with Crippen LogP contribution in [-0.2, 0) is 0 Å². The normalized spacial score (nSPS) is 11.8. The summed E-state index contributed by atoms with van der Waals surface area (Å²) in [5, 5.41) is 9.28. The van der Waals surface area contributed by atoms with Crippen LogP contribution >= 0.6 is 0 Å². The van der Waals surface area contributed by atoms with Crippen molar-refractivity contribution in [3.63, 3.8) is 0 Å². The first-order valence-electron chi connectivity index (χ1n) is 39.7. The molecule has 0 radical (unpaired) electrons. The lowest BCUT2D eigenvalue weighted by Crippen LogP contribution is -2.04. The molecule has 0 spiro atoms. The summed E-state index contributed by atoms with van der Waals surface area (Å²) in [6.07, 6.45) is 7.92. The molecule has 0 aliphatic heterocycles. The summed E-state index contributed by atoms with van der Waals surface area (Å²) in [5.41, 5.74) is 34.9. The second-order valence-corrected chi connectivity index (χ2v) is 30.9. The molecule has 8 nitrogen and oxygen atoms in total. The van der Waals surface area contributed by atoms with Crippen molar-refractivity contribution in [2.24, 2.45) is 0 Å². The predicted molar refractivity (Wildman–Crippen MR) is 483 cm³/mol. The van der Waals surface area contributed by atoms with E-state index in [9.17, 15) is 0 Å². The van der Waals surface area contributed by atoms with Crippen molar-refractivity contribution in [1.29, 1.82) is 0 Å². The van der Waals surface area contributed by atoms with Crippen molar-refractivity contribution in [1.82, 2.24) is 38.2 Å². The highest BCUT2D eigenvalue weighted by Crippen LogP contribution is 2.47. The largest absolute Gasteiger partial charge is 0.309 e. The third-order valence-electron chi connectivity index (χ3n) is 23.6. The van der Waals surface area contributed by atoms with Crippen LogP contribution in [0, 0.1) is 27.7 Å². The fourth-order valence-electron chi connectivity index (χ4n) is 18.2. The second kappa shape index (κ2) is 27.4. The van der Waals surface area contributed by atoms with Crippen LogP contribution in [0.4, 0.5) is 0 Å². The van der Waals surface area contributed by atoms with Crippen LogP contribution < -0.4 is 0 Å². The van der Waals surface area contributed by atoms with Crippen LogP contribution in [0.25, 0.3) is 211 Å². The molecule has 0 N–H and O–H groups in total. The molecule has 22 rings (SSSR count). The Bertz CT molecular complexity index is 7340. The molecule has 8 heteroatoms. The molecule has 0 amide bonds. The lowest BCUT2D eigenvalue weighted by atomic mass is 9.96. The van der Waals surface area contributed by atoms with Gasteiger partial charge in [0.2, 0.25) is 0 Å². The van der Waals surface area contributed by atoms with E-state index in [2.05, 4.69) is 398 Å². The van der Waals surface area contributed by atoms with Crippen molar-refractivity contribution >= 4 is 87.2 Å². The minimum Gasteiger partial charge on any atom is -0.309 e. The molecule has 15 aromatic carbocycles. The topological polar surface area (TPSA) is 71.3 Å². The number of rotatable bonds is 13. The molecule has 0 saturated carbocycles. The zero-order valence-electron chi connectivity index (χ0n) is 64.4. The van der Waals surface area contributed by atoms with E-state index < -0.39 is 0 Å². The Labute approximate surface area is 671 Å². The van der Waals surface area contributed by atoms with E-state index in [0.717, 1.165) is 150 Å². The monoisotopic (exact) mass is 1480 g/mol. The zero-order valence-corrected chi connectivity index (χ0v) is 64.4. The maximum atomic E-state index is 5.91. The first-order chi connectivity index (χ1) is 57.1. The average Bonchev–Trinajstić information content (AvgIpc) is 1.65. The first-order valence-corrected chi connectivity index (χ1v) is 39.7. The molecule has 116 heavy (non-hydrogen) atoms. The number of hydrogen-bond donors (Lipinski definition) is 0. The standard InChI is InChI=1S/C108H74N8/c1-67-20-16-26-72(54-67)76-38-44-100-86(58-76)82-30-8-12-34-96(82)113(100)104-48-42-80(92-65-109-52-50-106(92)115-98-36-14-10-32-84(98)88-60-78(40-46-102(88)115)74-28-18-22-69(3)56-74)62-90(104)94-64-95(112-108(111-94)71-24-6-5-7-25-71)91-63-81(43-49-105(91)114-97-35-13-9-31-83(97)87-59-77(39-45-101(87)114)73-27-17-21-68(2)55-73)93-66-110-53-51-107(93)116-99-37-15-11-33-85(99)89-61-79(41-47-103(89)116)75-29-19-23-70(4)57-75/h5-66H,1-4H3. The van der Waals surface area contributed by atoms with Gasteiger partial charge in [-0.1, -0.05) is 259 Å². The average molecular weight is 1480 g/mol. The molecule has 0 unspecified atom stereocenters. The Balaban J connectivity index is 0.813. The third kappa shape index (κ3) is 11.4. The predicted octanol–water partition coefficient (Wildman–Crippen LogP) is 27.9. The van der Waals surface area contributed by atoms with Gasteiger partial charge in [0.1, 0.15) is 0 Å². The minimum absolute atomic E-state index is 0.579. The van der Waals surface area contributed by atoms with E-state index in [-0.39, 0.29) is 0 Å². The number of aromatic nitrogens is 8. The van der Waals surface area contributed by atoms with Crippen LogP contribution in [-0.4, -0.2) is 38.2 Å². The molecule has 0 aliphatic rings. The van der Waals surface area contributed by atoms with E-state index in [1.807, 2.05) is 24.8 Å². The smallest absolute Gasteiger partial charge is 0.160 e. The van der Waals surface area contributed by atoms with Gasteiger partial charge in [-0.2, -0.15) is 0 Å². The molecule has 0 fully saturated rings. The van der Waals surface area contributed by atoms with Gasteiger partial charge in [0.05, 0.1) is 78.3 Å². The minimum atomic E-state index is 0.579. The van der Waals surface area contributed by atoms with Gasteiger partial charge in [-0.3, -0.25) is 9.97 Å². The van der Waals surface area contributed by atoms with Crippen LogP contribution in [0.2, 0.25) is 0 Å². The van der Waals surface area contributed by atoms with E-state index >= 15 is 0 Å². The lowest BCUT2D eigenvalue weighted by Gasteiger charge is -2.20. The number of hydrogen-bond acceptors (Lipinski definition) is 4. The van der Waals surface area contributed by atoms with Crippen molar-refractivity contribution in [2.45, 2.75) is 27.7 Å². The zero-order chi connectivity index (χ0) is 77.2. The quantitative estimate of drug-likeness (QED) is 0.115. The summed E-state index contributed by atoms with van der Waals surface area (Å²) < 4.78 is 9.75. The molecule has 0 bridgehead atoms. The number of aryl methyl sites for hydroxylation is 4. The van der Waals surface area contributed by atoms with Crippen molar-refractivity contribution < 1.29 is 0 Å². The Morgan fingerprint density at radius 1 is 0.190 bits per heavy atom. The van der Waals surface area contributed by atoms with Gasteiger partial charge in [-0.15, -0.1) is 0 Å².